The fourth-order valence-corrected chi connectivity index (χ4v) is 1.73. The highest BCUT2D eigenvalue weighted by molar-refractivity contribution is 5.64. The third-order valence-corrected chi connectivity index (χ3v) is 2.62. The van der Waals surface area contributed by atoms with Gasteiger partial charge in [0.05, 0.1) is 12.3 Å². The molecule has 0 bridgehead atoms. The smallest absolute Gasteiger partial charge is 0.148 e. The van der Waals surface area contributed by atoms with Gasteiger partial charge in [-0.2, -0.15) is 5.10 Å². The van der Waals surface area contributed by atoms with Crippen LogP contribution in [0.25, 0.3) is 11.3 Å². The lowest BCUT2D eigenvalue weighted by Gasteiger charge is -2.07. The number of rotatable bonds is 4. The van der Waals surface area contributed by atoms with Crippen molar-refractivity contribution in [2.75, 3.05) is 19.0 Å². The fraction of sp³-hybridized carbons (Fsp3) is 0.308. The Morgan fingerprint density at radius 2 is 2.18 bits per heavy atom. The average Bonchev–Trinajstić information content (AvgIpc) is 2.80. The van der Waals surface area contributed by atoms with E-state index in [0.29, 0.717) is 6.61 Å². The summed E-state index contributed by atoms with van der Waals surface area (Å²) in [5.41, 5.74) is 3.24. The maximum atomic E-state index is 5.52. The van der Waals surface area contributed by atoms with Crippen molar-refractivity contribution in [2.45, 2.75) is 13.8 Å². The normalized spacial score (nSPS) is 10.3. The number of benzene rings is 1. The zero-order valence-electron chi connectivity index (χ0n) is 10.4. The Morgan fingerprint density at radius 3 is 2.76 bits per heavy atom. The van der Waals surface area contributed by atoms with Gasteiger partial charge in [0.2, 0.25) is 0 Å². The molecule has 1 aromatic heterocycles. The Bertz CT molecular complexity index is 505. The number of hydrogen-bond acceptors (Lipinski definition) is 3. The molecule has 0 radical (unpaired) electrons. The summed E-state index contributed by atoms with van der Waals surface area (Å²) in [6.07, 6.45) is 0. The molecule has 0 atom stereocenters. The zero-order valence-corrected chi connectivity index (χ0v) is 10.4. The highest BCUT2D eigenvalue weighted by atomic mass is 16.5. The van der Waals surface area contributed by atoms with Crippen LogP contribution in [0.15, 0.2) is 24.3 Å². The second kappa shape index (κ2) is 4.91. The molecule has 1 heterocycles. The first-order valence-electron chi connectivity index (χ1n) is 5.71. The van der Waals surface area contributed by atoms with Gasteiger partial charge < -0.3 is 10.1 Å². The number of hydrogen-bond donors (Lipinski definition) is 2. The number of H-pyrrole nitrogens is 1. The van der Waals surface area contributed by atoms with E-state index in [1.165, 1.54) is 0 Å². The van der Waals surface area contributed by atoms with Gasteiger partial charge in [0.15, 0.2) is 0 Å². The van der Waals surface area contributed by atoms with Crippen LogP contribution in [0.3, 0.4) is 0 Å². The largest absolute Gasteiger partial charge is 0.494 e. The summed E-state index contributed by atoms with van der Waals surface area (Å²) < 4.78 is 5.52. The van der Waals surface area contributed by atoms with Crippen molar-refractivity contribution in [3.8, 4) is 17.0 Å². The zero-order chi connectivity index (χ0) is 12.3. The molecule has 2 N–H and O–H groups in total. The molecule has 0 aliphatic carbocycles. The SMILES string of the molecule is CCOc1ccc(-c2cc(NC)n[nH]2)cc1C. The van der Waals surface area contributed by atoms with E-state index in [0.717, 1.165) is 28.4 Å². The quantitative estimate of drug-likeness (QED) is 0.850. The van der Waals surface area contributed by atoms with Gasteiger partial charge in [-0.25, -0.2) is 0 Å². The third kappa shape index (κ3) is 2.41. The fourth-order valence-electron chi connectivity index (χ4n) is 1.73. The third-order valence-electron chi connectivity index (χ3n) is 2.62. The lowest BCUT2D eigenvalue weighted by Crippen LogP contribution is -1.94. The van der Waals surface area contributed by atoms with E-state index < -0.39 is 0 Å². The average molecular weight is 231 g/mol. The molecule has 0 unspecified atom stereocenters. The summed E-state index contributed by atoms with van der Waals surface area (Å²) in [6.45, 7) is 4.72. The molecule has 0 spiro atoms. The standard InChI is InChI=1S/C13H17N3O/c1-4-17-12-6-5-10(7-9(12)2)11-8-13(14-3)16-15-11/h5-8H,4H2,1-3H3,(H2,14,15,16). The molecular weight excluding hydrogens is 214 g/mol. The molecule has 0 fully saturated rings. The maximum Gasteiger partial charge on any atom is 0.148 e. The van der Waals surface area contributed by atoms with Crippen LogP contribution in [-0.2, 0) is 0 Å². The van der Waals surface area contributed by atoms with Crippen LogP contribution in [0.2, 0.25) is 0 Å². The molecule has 0 saturated heterocycles. The Balaban J connectivity index is 2.30. The van der Waals surface area contributed by atoms with E-state index in [2.05, 4.69) is 21.6 Å². The molecular formula is C13H17N3O. The summed E-state index contributed by atoms with van der Waals surface area (Å²) in [5, 5.41) is 10.1. The number of nitrogens with one attached hydrogen (secondary N) is 2. The topological polar surface area (TPSA) is 49.9 Å². The molecule has 2 aromatic rings. The van der Waals surface area contributed by atoms with Crippen molar-refractivity contribution in [3.63, 3.8) is 0 Å². The molecule has 17 heavy (non-hydrogen) atoms. The highest BCUT2D eigenvalue weighted by Crippen LogP contribution is 2.26. The van der Waals surface area contributed by atoms with E-state index in [1.54, 1.807) is 0 Å². The van der Waals surface area contributed by atoms with E-state index in [9.17, 15) is 0 Å². The Kier molecular flexibility index (Phi) is 3.32. The molecule has 90 valence electrons. The first kappa shape index (κ1) is 11.5. The summed E-state index contributed by atoms with van der Waals surface area (Å²) in [5.74, 6) is 1.77. The van der Waals surface area contributed by atoms with Gasteiger partial charge in [-0.05, 0) is 37.6 Å². The number of anilines is 1. The van der Waals surface area contributed by atoms with Gasteiger partial charge in [0.25, 0.3) is 0 Å². The van der Waals surface area contributed by atoms with Crippen molar-refractivity contribution in [2.24, 2.45) is 0 Å². The molecule has 0 saturated carbocycles. The van der Waals surface area contributed by atoms with E-state index in [-0.39, 0.29) is 0 Å². The predicted octanol–water partition coefficient (Wildman–Crippen LogP) is 2.83. The van der Waals surface area contributed by atoms with E-state index >= 15 is 0 Å². The van der Waals surface area contributed by atoms with Crippen LogP contribution < -0.4 is 10.1 Å². The molecule has 0 amide bonds. The summed E-state index contributed by atoms with van der Waals surface area (Å²) >= 11 is 0. The predicted molar refractivity (Wildman–Crippen MR) is 69.5 cm³/mol. The van der Waals surface area contributed by atoms with Crippen molar-refractivity contribution in [1.82, 2.24) is 10.2 Å². The van der Waals surface area contributed by atoms with Crippen molar-refractivity contribution in [1.29, 1.82) is 0 Å². The minimum Gasteiger partial charge on any atom is -0.494 e. The van der Waals surface area contributed by atoms with E-state index in [4.69, 9.17) is 4.74 Å². The van der Waals surface area contributed by atoms with Crippen molar-refractivity contribution < 1.29 is 4.74 Å². The van der Waals surface area contributed by atoms with Crippen molar-refractivity contribution in [3.05, 3.63) is 29.8 Å². The number of aryl methyl sites for hydroxylation is 1. The van der Waals surface area contributed by atoms with Gasteiger partial charge >= 0.3 is 0 Å². The van der Waals surface area contributed by atoms with Gasteiger partial charge in [-0.3, -0.25) is 5.10 Å². The number of aromatic amines is 1. The van der Waals surface area contributed by atoms with Gasteiger partial charge in [-0.15, -0.1) is 0 Å². The summed E-state index contributed by atoms with van der Waals surface area (Å²) in [4.78, 5) is 0. The Morgan fingerprint density at radius 1 is 1.35 bits per heavy atom. The Labute approximate surface area is 101 Å². The molecule has 0 aliphatic rings. The highest BCUT2D eigenvalue weighted by Gasteiger charge is 2.05. The van der Waals surface area contributed by atoms with Crippen LogP contribution in [0, 0.1) is 6.92 Å². The lowest BCUT2D eigenvalue weighted by atomic mass is 10.1. The minimum absolute atomic E-state index is 0.689. The molecule has 0 aliphatic heterocycles. The van der Waals surface area contributed by atoms with Gasteiger partial charge in [0.1, 0.15) is 11.6 Å². The number of aromatic nitrogens is 2. The first-order chi connectivity index (χ1) is 8.24. The van der Waals surface area contributed by atoms with E-state index in [1.807, 2.05) is 39.1 Å². The van der Waals surface area contributed by atoms with Crippen LogP contribution >= 0.6 is 0 Å². The summed E-state index contributed by atoms with van der Waals surface area (Å²) in [6, 6.07) is 8.10. The Hall–Kier alpha value is -1.97. The second-order valence-electron chi connectivity index (χ2n) is 3.83. The first-order valence-corrected chi connectivity index (χ1v) is 5.71. The lowest BCUT2D eigenvalue weighted by molar-refractivity contribution is 0.338. The van der Waals surface area contributed by atoms with Crippen LogP contribution in [0.5, 0.6) is 5.75 Å². The molecule has 4 heteroatoms. The molecule has 1 aromatic carbocycles. The van der Waals surface area contributed by atoms with Gasteiger partial charge in [0, 0.05) is 18.7 Å². The number of nitrogens with zero attached hydrogens (tertiary/aromatic N) is 1. The van der Waals surface area contributed by atoms with Gasteiger partial charge in [-0.1, -0.05) is 0 Å². The van der Waals surface area contributed by atoms with Crippen LogP contribution in [0.4, 0.5) is 5.82 Å². The monoisotopic (exact) mass is 231 g/mol. The summed E-state index contributed by atoms with van der Waals surface area (Å²) in [7, 11) is 1.85. The maximum absolute atomic E-state index is 5.52. The molecule has 2 rings (SSSR count). The number of ether oxygens (including phenoxy) is 1. The van der Waals surface area contributed by atoms with Crippen LogP contribution in [-0.4, -0.2) is 23.9 Å². The molecule has 4 nitrogen and oxygen atoms in total. The van der Waals surface area contributed by atoms with Crippen molar-refractivity contribution >= 4 is 5.82 Å². The van der Waals surface area contributed by atoms with Crippen LogP contribution in [0.1, 0.15) is 12.5 Å². The second-order valence-corrected chi connectivity index (χ2v) is 3.83. The minimum atomic E-state index is 0.689.